The van der Waals surface area contributed by atoms with E-state index in [0.717, 1.165) is 4.90 Å². The van der Waals surface area contributed by atoms with Crippen LogP contribution >= 0.6 is 11.8 Å². The lowest BCUT2D eigenvalue weighted by Crippen LogP contribution is -2.42. The molecule has 8 heteroatoms. The maximum atomic E-state index is 13.1. The number of nitrogens with one attached hydrogen (secondary N) is 1. The molecule has 3 rings (SSSR count). The number of carbonyl (C=O) groups is 2. The van der Waals surface area contributed by atoms with E-state index in [1.54, 1.807) is 36.0 Å². The second-order valence-electron chi connectivity index (χ2n) is 7.00. The number of nitrogens with zero attached hydrogens (tertiary/aromatic N) is 1. The van der Waals surface area contributed by atoms with Crippen molar-refractivity contribution in [2.75, 3.05) is 24.7 Å². The highest BCUT2D eigenvalue weighted by Crippen LogP contribution is 2.27. The predicted octanol–water partition coefficient (Wildman–Crippen LogP) is 3.65. The van der Waals surface area contributed by atoms with Gasteiger partial charge in [-0.3, -0.25) is 9.59 Å². The maximum absolute atomic E-state index is 13.1. The van der Waals surface area contributed by atoms with E-state index in [-0.39, 0.29) is 29.0 Å². The number of amides is 1. The first-order chi connectivity index (χ1) is 13.8. The summed E-state index contributed by atoms with van der Waals surface area (Å²) in [5.74, 6) is -0.655. The molecule has 6 nitrogen and oxygen atoms in total. The van der Waals surface area contributed by atoms with Crippen LogP contribution in [0.4, 0.5) is 5.69 Å². The average molecular weight is 433 g/mol. The Morgan fingerprint density at radius 1 is 1.14 bits per heavy atom. The summed E-state index contributed by atoms with van der Waals surface area (Å²) in [5, 5.41) is 2.60. The van der Waals surface area contributed by atoms with Gasteiger partial charge in [-0.05, 0) is 49.4 Å². The van der Waals surface area contributed by atoms with Crippen LogP contribution < -0.4 is 5.32 Å². The van der Waals surface area contributed by atoms with Gasteiger partial charge in [0.05, 0.1) is 4.90 Å². The number of sulfonamides is 1. The van der Waals surface area contributed by atoms with E-state index < -0.39 is 10.0 Å². The molecule has 1 atom stereocenters. The van der Waals surface area contributed by atoms with Crippen LogP contribution in [0.5, 0.6) is 0 Å². The van der Waals surface area contributed by atoms with Gasteiger partial charge in [0.25, 0.3) is 0 Å². The first kappa shape index (κ1) is 21.5. The van der Waals surface area contributed by atoms with E-state index in [9.17, 15) is 18.0 Å². The summed E-state index contributed by atoms with van der Waals surface area (Å²) < 4.78 is 27.6. The van der Waals surface area contributed by atoms with Crippen molar-refractivity contribution in [3.8, 4) is 0 Å². The van der Waals surface area contributed by atoms with Gasteiger partial charge in [0.2, 0.25) is 15.9 Å². The fraction of sp³-hybridized carbons (Fsp3) is 0.333. The van der Waals surface area contributed by atoms with Gasteiger partial charge in [0.15, 0.2) is 5.78 Å². The zero-order chi connectivity index (χ0) is 21.0. The van der Waals surface area contributed by atoms with Crippen molar-refractivity contribution in [2.24, 2.45) is 5.92 Å². The minimum Gasteiger partial charge on any atom is -0.326 e. The summed E-state index contributed by atoms with van der Waals surface area (Å²) in [6, 6.07) is 13.6. The lowest BCUT2D eigenvalue weighted by atomic mass is 9.91. The average Bonchev–Trinajstić information content (AvgIpc) is 2.73. The lowest BCUT2D eigenvalue weighted by Gasteiger charge is -2.31. The Morgan fingerprint density at radius 2 is 1.86 bits per heavy atom. The fourth-order valence-electron chi connectivity index (χ4n) is 3.45. The number of rotatable bonds is 6. The maximum Gasteiger partial charge on any atom is 0.243 e. The molecule has 1 aliphatic heterocycles. The van der Waals surface area contributed by atoms with Crippen LogP contribution in [0.3, 0.4) is 0 Å². The minimum absolute atomic E-state index is 0.0236. The Kier molecular flexibility index (Phi) is 6.77. The summed E-state index contributed by atoms with van der Waals surface area (Å²) >= 11 is 1.61. The molecule has 0 aromatic heterocycles. The molecule has 0 bridgehead atoms. The molecule has 1 fully saturated rings. The highest BCUT2D eigenvalue weighted by atomic mass is 32.2. The van der Waals surface area contributed by atoms with Gasteiger partial charge in [-0.1, -0.05) is 18.2 Å². The molecule has 1 amide bonds. The molecule has 29 heavy (non-hydrogen) atoms. The molecule has 2 aromatic rings. The van der Waals surface area contributed by atoms with E-state index in [1.165, 1.54) is 23.4 Å². The van der Waals surface area contributed by atoms with Gasteiger partial charge < -0.3 is 5.32 Å². The van der Waals surface area contributed by atoms with Crippen LogP contribution in [-0.2, 0) is 14.8 Å². The van der Waals surface area contributed by atoms with Crippen molar-refractivity contribution in [1.82, 2.24) is 4.31 Å². The van der Waals surface area contributed by atoms with Gasteiger partial charge in [0, 0.05) is 42.1 Å². The van der Waals surface area contributed by atoms with Crippen molar-refractivity contribution in [2.45, 2.75) is 29.6 Å². The summed E-state index contributed by atoms with van der Waals surface area (Å²) in [6.07, 6.45) is 3.27. The molecule has 0 radical (unpaired) electrons. The van der Waals surface area contributed by atoms with E-state index in [2.05, 4.69) is 5.32 Å². The Bertz CT molecular complexity index is 1000. The van der Waals surface area contributed by atoms with Crippen molar-refractivity contribution in [3.63, 3.8) is 0 Å². The highest BCUT2D eigenvalue weighted by molar-refractivity contribution is 7.98. The van der Waals surface area contributed by atoms with Crippen LogP contribution in [0.15, 0.2) is 58.3 Å². The van der Waals surface area contributed by atoms with Gasteiger partial charge in [-0.2, -0.15) is 4.31 Å². The van der Waals surface area contributed by atoms with Crippen LogP contribution in [0.2, 0.25) is 0 Å². The Labute approximate surface area is 175 Å². The Hall–Kier alpha value is -2.16. The molecule has 1 saturated heterocycles. The van der Waals surface area contributed by atoms with Crippen molar-refractivity contribution < 1.29 is 18.0 Å². The molecule has 1 unspecified atom stereocenters. The van der Waals surface area contributed by atoms with Crippen LogP contribution in [0.1, 0.15) is 30.1 Å². The molecule has 1 heterocycles. The Morgan fingerprint density at radius 3 is 2.52 bits per heavy atom. The smallest absolute Gasteiger partial charge is 0.243 e. The normalized spacial score (nSPS) is 17.7. The van der Waals surface area contributed by atoms with E-state index in [0.29, 0.717) is 30.6 Å². The molecule has 0 spiro atoms. The number of benzene rings is 2. The Balaban J connectivity index is 1.78. The number of thioether (sulfide) groups is 1. The number of hydrogen-bond donors (Lipinski definition) is 1. The molecule has 0 aliphatic carbocycles. The third-order valence-corrected chi connectivity index (χ3v) is 7.53. The molecule has 1 N–H and O–H groups in total. The second-order valence-corrected chi connectivity index (χ2v) is 9.82. The van der Waals surface area contributed by atoms with Gasteiger partial charge in [0.1, 0.15) is 0 Å². The third kappa shape index (κ3) is 5.07. The number of Topliss-reactive ketones (excluding diaryl/α,β-unsaturated/α-hetero) is 1. The first-order valence-electron chi connectivity index (χ1n) is 9.37. The highest BCUT2D eigenvalue weighted by Gasteiger charge is 2.33. The molecular weight excluding hydrogens is 408 g/mol. The van der Waals surface area contributed by atoms with Crippen molar-refractivity contribution in [1.29, 1.82) is 0 Å². The fourth-order valence-corrected chi connectivity index (χ4v) is 5.43. The number of ketones is 1. The standard InChI is InChI=1S/C21H24N2O4S2/c1-15(24)22-18-6-3-7-20(13-18)29(26,27)23-12-4-5-17(14-23)21(25)16-8-10-19(28-2)11-9-16/h3,6-11,13,17H,4-5,12,14H2,1-2H3,(H,22,24). The molecule has 154 valence electrons. The van der Waals surface area contributed by atoms with Crippen LogP contribution in [-0.4, -0.2) is 43.8 Å². The van der Waals surface area contributed by atoms with E-state index in [4.69, 9.17) is 0 Å². The first-order valence-corrected chi connectivity index (χ1v) is 12.0. The van der Waals surface area contributed by atoms with Crippen LogP contribution in [0, 0.1) is 5.92 Å². The number of piperidine rings is 1. The topological polar surface area (TPSA) is 83.6 Å². The van der Waals surface area contributed by atoms with Gasteiger partial charge in [-0.25, -0.2) is 8.42 Å². The summed E-state index contributed by atoms with van der Waals surface area (Å²) in [6.45, 7) is 1.91. The van der Waals surface area contributed by atoms with E-state index in [1.807, 2.05) is 18.4 Å². The van der Waals surface area contributed by atoms with Gasteiger partial charge >= 0.3 is 0 Å². The number of anilines is 1. The zero-order valence-corrected chi connectivity index (χ0v) is 18.1. The molecule has 0 saturated carbocycles. The second kappa shape index (κ2) is 9.11. The summed E-state index contributed by atoms with van der Waals surface area (Å²) in [5.41, 5.74) is 1.04. The number of carbonyl (C=O) groups excluding carboxylic acids is 2. The zero-order valence-electron chi connectivity index (χ0n) is 16.4. The van der Waals surface area contributed by atoms with E-state index >= 15 is 0 Å². The third-order valence-electron chi connectivity index (χ3n) is 4.92. The molecule has 1 aliphatic rings. The largest absolute Gasteiger partial charge is 0.326 e. The van der Waals surface area contributed by atoms with Crippen LogP contribution in [0.25, 0.3) is 0 Å². The van der Waals surface area contributed by atoms with Gasteiger partial charge in [-0.15, -0.1) is 11.8 Å². The monoisotopic (exact) mass is 432 g/mol. The summed E-state index contributed by atoms with van der Waals surface area (Å²) in [4.78, 5) is 25.4. The SMILES string of the molecule is CSc1ccc(C(=O)C2CCCN(S(=O)(=O)c3cccc(NC(C)=O)c3)C2)cc1. The van der Waals surface area contributed by atoms with Crippen molar-refractivity contribution in [3.05, 3.63) is 54.1 Å². The quantitative estimate of drug-likeness (QED) is 0.556. The number of hydrogen-bond acceptors (Lipinski definition) is 5. The van der Waals surface area contributed by atoms with Crippen molar-refractivity contribution >= 4 is 39.2 Å². The molecule has 2 aromatic carbocycles. The lowest BCUT2D eigenvalue weighted by molar-refractivity contribution is -0.114. The predicted molar refractivity (Wildman–Crippen MR) is 115 cm³/mol. The summed E-state index contributed by atoms with van der Waals surface area (Å²) in [7, 11) is -3.75. The molecular formula is C21H24N2O4S2. The minimum atomic E-state index is -3.75.